The van der Waals surface area contributed by atoms with Crippen molar-refractivity contribution in [3.8, 4) is 11.1 Å². The first kappa shape index (κ1) is 18.1. The number of rotatable bonds is 7. The molecule has 1 aromatic carbocycles. The topological polar surface area (TPSA) is 72.9 Å². The quantitative estimate of drug-likeness (QED) is 0.455. The average Bonchev–Trinajstić information content (AvgIpc) is 3.42. The standard InChI is InChI=1S/C23H21N7/c1-2-5-19(6-3-1)16-29-17-20(14-27-29)21-15-28-30-22(9-12-26-23(21)30)25-11-8-18-7-4-10-24-13-18/h1-7,9-10,12-15,17,25H,8,11,16H2. The molecule has 148 valence electrons. The predicted octanol–water partition coefficient (Wildman–Crippen LogP) is 3.69. The van der Waals surface area contributed by atoms with Crippen molar-refractivity contribution in [2.24, 2.45) is 0 Å². The first-order chi connectivity index (χ1) is 14.9. The summed E-state index contributed by atoms with van der Waals surface area (Å²) in [5.74, 6) is 0.909. The number of aromatic nitrogens is 6. The van der Waals surface area contributed by atoms with Gasteiger partial charge in [0.05, 0.1) is 18.9 Å². The van der Waals surface area contributed by atoms with Gasteiger partial charge >= 0.3 is 0 Å². The van der Waals surface area contributed by atoms with Gasteiger partial charge in [-0.2, -0.15) is 14.7 Å². The molecular weight excluding hydrogens is 374 g/mol. The molecule has 0 radical (unpaired) electrons. The Balaban J connectivity index is 1.34. The van der Waals surface area contributed by atoms with Crippen molar-refractivity contribution in [2.45, 2.75) is 13.0 Å². The highest BCUT2D eigenvalue weighted by molar-refractivity contribution is 5.77. The number of benzene rings is 1. The molecule has 7 heteroatoms. The molecule has 0 amide bonds. The highest BCUT2D eigenvalue weighted by atomic mass is 15.3. The molecule has 0 spiro atoms. The SMILES string of the molecule is c1ccc(Cn2cc(-c3cnn4c(NCCc5cccnc5)ccnc34)cn2)cc1. The molecule has 0 saturated heterocycles. The van der Waals surface area contributed by atoms with E-state index in [0.29, 0.717) is 0 Å². The fourth-order valence-electron chi connectivity index (χ4n) is 3.47. The summed E-state index contributed by atoms with van der Waals surface area (Å²) in [7, 11) is 0. The van der Waals surface area contributed by atoms with Gasteiger partial charge in [-0.25, -0.2) is 4.98 Å². The van der Waals surface area contributed by atoms with E-state index in [1.54, 1.807) is 12.4 Å². The molecule has 0 bridgehead atoms. The van der Waals surface area contributed by atoms with Crippen LogP contribution in [0.5, 0.6) is 0 Å². The summed E-state index contributed by atoms with van der Waals surface area (Å²) in [6.45, 7) is 1.52. The van der Waals surface area contributed by atoms with E-state index in [2.05, 4.69) is 43.7 Å². The Hall–Kier alpha value is -4.00. The van der Waals surface area contributed by atoms with Crippen LogP contribution in [0.25, 0.3) is 16.8 Å². The van der Waals surface area contributed by atoms with Crippen LogP contribution in [0.3, 0.4) is 0 Å². The Bertz CT molecular complexity index is 1240. The second kappa shape index (κ2) is 8.16. The van der Waals surface area contributed by atoms with Crippen molar-refractivity contribution in [1.29, 1.82) is 0 Å². The molecule has 30 heavy (non-hydrogen) atoms. The lowest BCUT2D eigenvalue weighted by Crippen LogP contribution is -2.09. The van der Waals surface area contributed by atoms with Gasteiger partial charge in [-0.3, -0.25) is 9.67 Å². The van der Waals surface area contributed by atoms with E-state index in [9.17, 15) is 0 Å². The van der Waals surface area contributed by atoms with E-state index in [-0.39, 0.29) is 0 Å². The Morgan fingerprint density at radius 3 is 2.60 bits per heavy atom. The Kier molecular flexibility index (Phi) is 4.91. The molecule has 5 aromatic rings. The van der Waals surface area contributed by atoms with Crippen LogP contribution in [0.1, 0.15) is 11.1 Å². The molecule has 7 nitrogen and oxygen atoms in total. The molecule has 5 rings (SSSR count). The maximum absolute atomic E-state index is 4.56. The molecule has 4 heterocycles. The maximum Gasteiger partial charge on any atom is 0.165 e. The first-order valence-electron chi connectivity index (χ1n) is 9.89. The van der Waals surface area contributed by atoms with E-state index < -0.39 is 0 Å². The molecule has 0 saturated carbocycles. The van der Waals surface area contributed by atoms with Crippen molar-refractivity contribution in [3.05, 3.63) is 96.8 Å². The molecule has 0 aliphatic carbocycles. The molecule has 0 unspecified atom stereocenters. The Morgan fingerprint density at radius 2 is 1.73 bits per heavy atom. The molecule has 0 atom stereocenters. The summed E-state index contributed by atoms with van der Waals surface area (Å²) in [4.78, 5) is 8.71. The molecule has 4 aromatic heterocycles. The van der Waals surface area contributed by atoms with Gasteiger partial charge in [0.1, 0.15) is 5.82 Å². The van der Waals surface area contributed by atoms with Crippen molar-refractivity contribution >= 4 is 11.5 Å². The van der Waals surface area contributed by atoms with Crippen LogP contribution in [-0.4, -0.2) is 35.9 Å². The average molecular weight is 395 g/mol. The Labute approximate surface area is 174 Å². The van der Waals surface area contributed by atoms with Gasteiger partial charge in [-0.15, -0.1) is 0 Å². The third-order valence-corrected chi connectivity index (χ3v) is 4.98. The fraction of sp³-hybridized carbons (Fsp3) is 0.130. The lowest BCUT2D eigenvalue weighted by atomic mass is 10.2. The maximum atomic E-state index is 4.56. The second-order valence-corrected chi connectivity index (χ2v) is 7.07. The summed E-state index contributed by atoms with van der Waals surface area (Å²) in [6, 6.07) is 16.3. The number of fused-ring (bicyclic) bond motifs is 1. The van der Waals surface area contributed by atoms with E-state index in [1.807, 2.05) is 64.3 Å². The van der Waals surface area contributed by atoms with E-state index in [0.717, 1.165) is 42.1 Å². The minimum Gasteiger partial charge on any atom is -0.370 e. The monoisotopic (exact) mass is 395 g/mol. The van der Waals surface area contributed by atoms with Crippen LogP contribution in [0, 0.1) is 0 Å². The zero-order valence-corrected chi connectivity index (χ0v) is 16.4. The van der Waals surface area contributed by atoms with Crippen molar-refractivity contribution < 1.29 is 0 Å². The van der Waals surface area contributed by atoms with Crippen LogP contribution >= 0.6 is 0 Å². The minimum absolute atomic E-state index is 0.731. The largest absolute Gasteiger partial charge is 0.370 e. The van der Waals surface area contributed by atoms with Gasteiger partial charge in [0.15, 0.2) is 5.65 Å². The fourth-order valence-corrected chi connectivity index (χ4v) is 3.47. The van der Waals surface area contributed by atoms with E-state index in [4.69, 9.17) is 0 Å². The summed E-state index contributed by atoms with van der Waals surface area (Å²) >= 11 is 0. The number of nitrogens with one attached hydrogen (secondary N) is 1. The van der Waals surface area contributed by atoms with E-state index in [1.165, 1.54) is 11.1 Å². The lowest BCUT2D eigenvalue weighted by Gasteiger charge is -2.08. The van der Waals surface area contributed by atoms with Gasteiger partial charge in [-0.1, -0.05) is 36.4 Å². The van der Waals surface area contributed by atoms with Crippen molar-refractivity contribution in [3.63, 3.8) is 0 Å². The zero-order chi connectivity index (χ0) is 20.2. The number of anilines is 1. The van der Waals surface area contributed by atoms with Gasteiger partial charge in [0.2, 0.25) is 0 Å². The van der Waals surface area contributed by atoms with Gasteiger partial charge < -0.3 is 5.32 Å². The third-order valence-electron chi connectivity index (χ3n) is 4.98. The summed E-state index contributed by atoms with van der Waals surface area (Å²) in [6.07, 6.45) is 12.1. The molecule has 0 aliphatic heterocycles. The number of hydrogen-bond acceptors (Lipinski definition) is 5. The number of nitrogens with zero attached hydrogens (tertiary/aromatic N) is 6. The number of hydrogen-bond donors (Lipinski definition) is 1. The first-order valence-corrected chi connectivity index (χ1v) is 9.89. The molecule has 1 N–H and O–H groups in total. The van der Waals surface area contributed by atoms with Crippen LogP contribution in [0.15, 0.2) is 85.7 Å². The van der Waals surface area contributed by atoms with Crippen LogP contribution < -0.4 is 5.32 Å². The lowest BCUT2D eigenvalue weighted by molar-refractivity contribution is 0.687. The number of pyridine rings is 1. The Morgan fingerprint density at radius 1 is 0.833 bits per heavy atom. The highest BCUT2D eigenvalue weighted by Gasteiger charge is 2.12. The normalized spacial score (nSPS) is 11.1. The van der Waals surface area contributed by atoms with Crippen molar-refractivity contribution in [2.75, 3.05) is 11.9 Å². The smallest absolute Gasteiger partial charge is 0.165 e. The highest BCUT2D eigenvalue weighted by Crippen LogP contribution is 2.24. The molecular formula is C23H21N7. The van der Waals surface area contributed by atoms with E-state index >= 15 is 0 Å². The predicted molar refractivity (Wildman–Crippen MR) is 116 cm³/mol. The van der Waals surface area contributed by atoms with Gasteiger partial charge in [-0.05, 0) is 29.7 Å². The summed E-state index contributed by atoms with van der Waals surface area (Å²) in [5.41, 5.74) is 5.18. The molecule has 0 fully saturated rings. The summed E-state index contributed by atoms with van der Waals surface area (Å²) in [5, 5.41) is 12.5. The van der Waals surface area contributed by atoms with Gasteiger partial charge in [0, 0.05) is 42.5 Å². The minimum atomic E-state index is 0.731. The van der Waals surface area contributed by atoms with Crippen LogP contribution in [0.4, 0.5) is 5.82 Å². The molecule has 0 aliphatic rings. The zero-order valence-electron chi connectivity index (χ0n) is 16.4. The third kappa shape index (κ3) is 3.77. The second-order valence-electron chi connectivity index (χ2n) is 7.07. The van der Waals surface area contributed by atoms with Crippen molar-refractivity contribution in [1.82, 2.24) is 29.4 Å². The van der Waals surface area contributed by atoms with Gasteiger partial charge in [0.25, 0.3) is 0 Å². The van der Waals surface area contributed by atoms with Crippen LogP contribution in [-0.2, 0) is 13.0 Å². The van der Waals surface area contributed by atoms with Crippen LogP contribution in [0.2, 0.25) is 0 Å². The summed E-state index contributed by atoms with van der Waals surface area (Å²) < 4.78 is 3.78.